The minimum absolute atomic E-state index is 0.475. The highest BCUT2D eigenvalue weighted by molar-refractivity contribution is 5.76. The predicted molar refractivity (Wildman–Crippen MR) is 94.0 cm³/mol. The van der Waals surface area contributed by atoms with Gasteiger partial charge in [0.15, 0.2) is 11.6 Å². The SMILES string of the molecule is Cc1cccc(Nc2ncnc(NCCCn3ccnc3)c2N)n1. The summed E-state index contributed by atoms with van der Waals surface area (Å²) in [4.78, 5) is 16.8. The summed E-state index contributed by atoms with van der Waals surface area (Å²) in [6.45, 7) is 3.57. The van der Waals surface area contributed by atoms with Gasteiger partial charge in [0, 0.05) is 31.2 Å². The first-order valence-electron chi connectivity index (χ1n) is 7.73. The Morgan fingerprint density at radius 2 is 2.08 bits per heavy atom. The van der Waals surface area contributed by atoms with Crippen LogP contribution in [0, 0.1) is 6.92 Å². The lowest BCUT2D eigenvalue weighted by Crippen LogP contribution is -2.11. The van der Waals surface area contributed by atoms with E-state index in [1.807, 2.05) is 35.9 Å². The third kappa shape index (κ3) is 3.97. The Kier molecular flexibility index (Phi) is 4.85. The number of imidazole rings is 1. The Labute approximate surface area is 140 Å². The summed E-state index contributed by atoms with van der Waals surface area (Å²) < 4.78 is 2.03. The van der Waals surface area contributed by atoms with Crippen LogP contribution in [-0.4, -0.2) is 31.0 Å². The highest BCUT2D eigenvalue weighted by atomic mass is 15.1. The Bertz CT molecular complexity index is 785. The monoisotopic (exact) mass is 324 g/mol. The van der Waals surface area contributed by atoms with Crippen molar-refractivity contribution in [2.24, 2.45) is 0 Å². The van der Waals surface area contributed by atoms with E-state index in [0.29, 0.717) is 23.1 Å². The molecule has 0 atom stereocenters. The van der Waals surface area contributed by atoms with Gasteiger partial charge in [-0.1, -0.05) is 6.07 Å². The van der Waals surface area contributed by atoms with Gasteiger partial charge in [0.1, 0.15) is 17.8 Å². The van der Waals surface area contributed by atoms with Crippen molar-refractivity contribution in [1.29, 1.82) is 0 Å². The van der Waals surface area contributed by atoms with Crippen molar-refractivity contribution in [3.8, 4) is 0 Å². The number of aromatic nitrogens is 5. The van der Waals surface area contributed by atoms with Crippen LogP contribution in [0.3, 0.4) is 0 Å². The summed E-state index contributed by atoms with van der Waals surface area (Å²) >= 11 is 0. The van der Waals surface area contributed by atoms with Gasteiger partial charge in [-0.05, 0) is 25.5 Å². The van der Waals surface area contributed by atoms with Crippen LogP contribution >= 0.6 is 0 Å². The smallest absolute Gasteiger partial charge is 0.160 e. The molecule has 3 heterocycles. The van der Waals surface area contributed by atoms with E-state index in [1.54, 1.807) is 12.5 Å². The first-order valence-corrected chi connectivity index (χ1v) is 7.73. The molecule has 0 unspecified atom stereocenters. The number of hydrogen-bond acceptors (Lipinski definition) is 7. The van der Waals surface area contributed by atoms with Crippen LogP contribution in [0.25, 0.3) is 0 Å². The summed E-state index contributed by atoms with van der Waals surface area (Å²) in [6, 6.07) is 5.73. The van der Waals surface area contributed by atoms with E-state index in [0.717, 1.165) is 25.2 Å². The van der Waals surface area contributed by atoms with Gasteiger partial charge in [-0.3, -0.25) is 0 Å². The van der Waals surface area contributed by atoms with Crippen molar-refractivity contribution in [1.82, 2.24) is 24.5 Å². The first kappa shape index (κ1) is 15.7. The van der Waals surface area contributed by atoms with Crippen molar-refractivity contribution in [2.75, 3.05) is 22.9 Å². The molecule has 0 aromatic carbocycles. The van der Waals surface area contributed by atoms with E-state index in [-0.39, 0.29) is 0 Å². The molecule has 3 aromatic heterocycles. The lowest BCUT2D eigenvalue weighted by Gasteiger charge is -2.12. The molecule has 0 amide bonds. The molecule has 0 aliphatic heterocycles. The first-order chi connectivity index (χ1) is 11.7. The van der Waals surface area contributed by atoms with E-state index >= 15 is 0 Å². The topological polar surface area (TPSA) is 107 Å². The standard InChI is InChI=1S/C16H20N8/c1-12-4-2-5-13(22-12)23-16-14(17)15(20-10-21-16)19-6-3-8-24-9-7-18-11-24/h2,4-5,7,9-11H,3,6,8,17H2,1H3,(H2,19,20,21,22,23). The molecule has 3 rings (SSSR count). The van der Waals surface area contributed by atoms with E-state index in [4.69, 9.17) is 5.73 Å². The second-order valence-corrected chi connectivity index (χ2v) is 5.35. The fourth-order valence-electron chi connectivity index (χ4n) is 2.26. The zero-order valence-electron chi connectivity index (χ0n) is 13.5. The molecule has 8 nitrogen and oxygen atoms in total. The van der Waals surface area contributed by atoms with Crippen LogP contribution in [0.4, 0.5) is 23.1 Å². The lowest BCUT2D eigenvalue weighted by molar-refractivity contribution is 0.660. The van der Waals surface area contributed by atoms with Crippen LogP contribution in [0.1, 0.15) is 12.1 Å². The van der Waals surface area contributed by atoms with Gasteiger partial charge in [0.05, 0.1) is 6.33 Å². The molecule has 0 saturated carbocycles. The minimum Gasteiger partial charge on any atom is -0.393 e. The van der Waals surface area contributed by atoms with Crippen molar-refractivity contribution < 1.29 is 0 Å². The number of rotatable bonds is 7. The number of nitrogen functional groups attached to an aromatic ring is 1. The van der Waals surface area contributed by atoms with Crippen molar-refractivity contribution in [2.45, 2.75) is 19.9 Å². The summed E-state index contributed by atoms with van der Waals surface area (Å²) in [5.74, 6) is 1.86. The summed E-state index contributed by atoms with van der Waals surface area (Å²) in [5, 5.41) is 6.37. The Hall–Kier alpha value is -3.16. The number of anilines is 4. The van der Waals surface area contributed by atoms with Crippen LogP contribution in [0.15, 0.2) is 43.2 Å². The molecule has 0 radical (unpaired) electrons. The molecule has 0 saturated heterocycles. The quantitative estimate of drug-likeness (QED) is 0.572. The van der Waals surface area contributed by atoms with E-state index in [9.17, 15) is 0 Å². The Morgan fingerprint density at radius 3 is 2.88 bits per heavy atom. The third-order valence-electron chi connectivity index (χ3n) is 3.46. The van der Waals surface area contributed by atoms with Gasteiger partial charge in [-0.15, -0.1) is 0 Å². The fourth-order valence-corrected chi connectivity index (χ4v) is 2.26. The molecule has 0 aliphatic rings. The molecule has 0 bridgehead atoms. The van der Waals surface area contributed by atoms with Crippen molar-refractivity contribution in [3.63, 3.8) is 0 Å². The Balaban J connectivity index is 1.60. The highest BCUT2D eigenvalue weighted by Crippen LogP contribution is 2.24. The van der Waals surface area contributed by atoms with Crippen LogP contribution in [0.5, 0.6) is 0 Å². The lowest BCUT2D eigenvalue weighted by atomic mass is 10.3. The second-order valence-electron chi connectivity index (χ2n) is 5.35. The number of nitrogens with two attached hydrogens (primary N) is 1. The van der Waals surface area contributed by atoms with Gasteiger partial charge in [0.2, 0.25) is 0 Å². The van der Waals surface area contributed by atoms with Gasteiger partial charge < -0.3 is 20.9 Å². The summed E-state index contributed by atoms with van der Waals surface area (Å²) in [6.07, 6.45) is 7.92. The predicted octanol–water partition coefficient (Wildman–Crippen LogP) is 2.20. The maximum absolute atomic E-state index is 6.15. The molecule has 0 spiro atoms. The number of nitrogens with one attached hydrogen (secondary N) is 2. The maximum atomic E-state index is 6.15. The number of pyridine rings is 1. The maximum Gasteiger partial charge on any atom is 0.160 e. The molecular formula is C16H20N8. The third-order valence-corrected chi connectivity index (χ3v) is 3.46. The molecule has 3 aromatic rings. The van der Waals surface area contributed by atoms with Gasteiger partial charge in [-0.2, -0.15) is 0 Å². The highest BCUT2D eigenvalue weighted by Gasteiger charge is 2.08. The zero-order chi connectivity index (χ0) is 16.8. The van der Waals surface area contributed by atoms with Gasteiger partial charge >= 0.3 is 0 Å². The average molecular weight is 324 g/mol. The summed E-state index contributed by atoms with van der Waals surface area (Å²) in [5.41, 5.74) is 7.55. The zero-order valence-corrected chi connectivity index (χ0v) is 13.5. The van der Waals surface area contributed by atoms with Gasteiger partial charge in [-0.25, -0.2) is 19.9 Å². The summed E-state index contributed by atoms with van der Waals surface area (Å²) in [7, 11) is 0. The molecule has 0 aliphatic carbocycles. The molecular weight excluding hydrogens is 304 g/mol. The van der Waals surface area contributed by atoms with Crippen molar-refractivity contribution in [3.05, 3.63) is 48.9 Å². The normalized spacial score (nSPS) is 10.5. The Morgan fingerprint density at radius 1 is 1.21 bits per heavy atom. The van der Waals surface area contributed by atoms with Gasteiger partial charge in [0.25, 0.3) is 0 Å². The number of hydrogen-bond donors (Lipinski definition) is 3. The number of nitrogens with zero attached hydrogens (tertiary/aromatic N) is 5. The van der Waals surface area contributed by atoms with E-state index in [2.05, 4.69) is 30.6 Å². The molecule has 124 valence electrons. The van der Waals surface area contributed by atoms with Crippen LogP contribution < -0.4 is 16.4 Å². The number of aryl methyl sites for hydroxylation is 2. The van der Waals surface area contributed by atoms with Crippen molar-refractivity contribution >= 4 is 23.1 Å². The minimum atomic E-state index is 0.475. The molecule has 24 heavy (non-hydrogen) atoms. The second kappa shape index (κ2) is 7.40. The molecule has 4 N–H and O–H groups in total. The fraction of sp³-hybridized carbons (Fsp3) is 0.250. The molecule has 0 fully saturated rings. The average Bonchev–Trinajstić information content (AvgIpc) is 3.08. The largest absolute Gasteiger partial charge is 0.393 e. The molecule has 8 heteroatoms. The van der Waals surface area contributed by atoms with Crippen LogP contribution in [-0.2, 0) is 6.54 Å². The van der Waals surface area contributed by atoms with E-state index in [1.165, 1.54) is 6.33 Å². The van der Waals surface area contributed by atoms with E-state index < -0.39 is 0 Å². The van der Waals surface area contributed by atoms with Crippen LogP contribution in [0.2, 0.25) is 0 Å².